The summed E-state index contributed by atoms with van der Waals surface area (Å²) in [7, 11) is 3.61. The number of pyridine rings is 1. The van der Waals surface area contributed by atoms with E-state index in [1.165, 1.54) is 0 Å². The first kappa shape index (κ1) is 18.1. The highest BCUT2D eigenvalue weighted by molar-refractivity contribution is 6.31. The smallest absolute Gasteiger partial charge is 0.238 e. The average molecular weight is 371 g/mol. The molecular weight excluding hydrogens is 352 g/mol. The number of hydrogen-bond acceptors (Lipinski definition) is 4. The van der Waals surface area contributed by atoms with Crippen LogP contribution in [0.3, 0.4) is 0 Å². The molecule has 7 heteroatoms. The molecule has 3 rings (SSSR count). The number of anilines is 1. The van der Waals surface area contributed by atoms with E-state index in [4.69, 9.17) is 11.6 Å². The summed E-state index contributed by atoms with van der Waals surface area (Å²) in [5, 5.41) is 4.11. The lowest BCUT2D eigenvalue weighted by Gasteiger charge is -2.11. The Bertz CT molecular complexity index is 994. The number of carbonyl (C=O) groups excluding carboxylic acids is 2. The monoisotopic (exact) mass is 370 g/mol. The van der Waals surface area contributed by atoms with E-state index in [0.29, 0.717) is 21.9 Å². The van der Waals surface area contributed by atoms with Crippen LogP contribution in [-0.4, -0.2) is 47.2 Å². The molecule has 2 heterocycles. The van der Waals surface area contributed by atoms with E-state index >= 15 is 0 Å². The minimum Gasteiger partial charge on any atom is -0.350 e. The highest BCUT2D eigenvalue weighted by Gasteiger charge is 2.22. The van der Waals surface area contributed by atoms with Gasteiger partial charge in [-0.1, -0.05) is 11.6 Å². The number of aromatic nitrogens is 2. The van der Waals surface area contributed by atoms with Crippen molar-refractivity contribution in [2.45, 2.75) is 6.92 Å². The van der Waals surface area contributed by atoms with Crippen LogP contribution < -0.4 is 5.32 Å². The van der Waals surface area contributed by atoms with Gasteiger partial charge in [-0.2, -0.15) is 0 Å². The van der Waals surface area contributed by atoms with Gasteiger partial charge in [0.2, 0.25) is 11.7 Å². The van der Waals surface area contributed by atoms with Gasteiger partial charge in [-0.15, -0.1) is 0 Å². The van der Waals surface area contributed by atoms with Gasteiger partial charge in [-0.25, -0.2) is 0 Å². The Morgan fingerprint density at radius 1 is 1.23 bits per heavy atom. The molecule has 26 heavy (non-hydrogen) atoms. The van der Waals surface area contributed by atoms with E-state index in [0.717, 1.165) is 10.9 Å². The first-order valence-electron chi connectivity index (χ1n) is 8.08. The molecule has 0 aliphatic heterocycles. The van der Waals surface area contributed by atoms with Crippen LogP contribution in [0.15, 0.2) is 36.5 Å². The second kappa shape index (κ2) is 7.27. The number of aromatic amines is 1. The first-order valence-corrected chi connectivity index (χ1v) is 8.46. The number of ketones is 1. The zero-order chi connectivity index (χ0) is 18.8. The van der Waals surface area contributed by atoms with Gasteiger partial charge < -0.3 is 15.2 Å². The van der Waals surface area contributed by atoms with E-state index in [2.05, 4.69) is 15.3 Å². The van der Waals surface area contributed by atoms with Gasteiger partial charge in [-0.05, 0) is 56.9 Å². The molecule has 0 radical (unpaired) electrons. The van der Waals surface area contributed by atoms with Crippen molar-refractivity contribution in [3.63, 3.8) is 0 Å². The summed E-state index contributed by atoms with van der Waals surface area (Å²) >= 11 is 6.06. The molecule has 1 aromatic carbocycles. The molecule has 1 amide bonds. The summed E-state index contributed by atoms with van der Waals surface area (Å²) in [5.41, 5.74) is 2.64. The SMILES string of the molecule is Cc1ccnc(C(=O)c2[nH]c3cc(Cl)ccc3c2NC(=O)CN(C)C)c1. The predicted molar refractivity (Wildman–Crippen MR) is 103 cm³/mol. The van der Waals surface area contributed by atoms with Crippen LogP contribution in [0.2, 0.25) is 5.02 Å². The second-order valence-electron chi connectivity index (χ2n) is 6.40. The molecule has 6 nitrogen and oxygen atoms in total. The van der Waals surface area contributed by atoms with Gasteiger partial charge in [0.1, 0.15) is 11.4 Å². The molecular formula is C19H19ClN4O2. The standard InChI is InChI=1S/C19H19ClN4O2/c1-11-6-7-21-15(8-11)19(26)18-17(23-16(25)10-24(2)3)13-5-4-12(20)9-14(13)22-18/h4-9,22H,10H2,1-3H3,(H,23,25). The number of fused-ring (bicyclic) bond motifs is 1. The molecule has 3 aromatic rings. The predicted octanol–water partition coefficient (Wildman–Crippen LogP) is 3.26. The minimum atomic E-state index is -0.291. The van der Waals surface area contributed by atoms with Crippen LogP contribution in [-0.2, 0) is 4.79 Å². The number of likely N-dealkylation sites (N-methyl/N-ethyl adjacent to an activating group) is 1. The number of benzene rings is 1. The highest BCUT2D eigenvalue weighted by Crippen LogP contribution is 2.31. The van der Waals surface area contributed by atoms with Crippen LogP contribution in [0, 0.1) is 6.92 Å². The molecule has 0 fully saturated rings. The number of rotatable bonds is 5. The lowest BCUT2D eigenvalue weighted by molar-refractivity contribution is -0.116. The van der Waals surface area contributed by atoms with E-state index in [1.54, 1.807) is 49.5 Å². The summed E-state index contributed by atoms with van der Waals surface area (Å²) < 4.78 is 0. The van der Waals surface area contributed by atoms with Crippen molar-refractivity contribution in [3.05, 3.63) is 58.5 Å². The van der Waals surface area contributed by atoms with Crippen molar-refractivity contribution in [3.8, 4) is 0 Å². The fourth-order valence-corrected chi connectivity index (χ4v) is 2.90. The topological polar surface area (TPSA) is 78.1 Å². The minimum absolute atomic E-state index is 0.205. The summed E-state index contributed by atoms with van der Waals surface area (Å²) in [4.78, 5) is 34.3. The van der Waals surface area contributed by atoms with Gasteiger partial charge in [0, 0.05) is 22.1 Å². The molecule has 0 unspecified atom stereocenters. The molecule has 134 valence electrons. The van der Waals surface area contributed by atoms with Crippen molar-refractivity contribution in [2.75, 3.05) is 26.0 Å². The van der Waals surface area contributed by atoms with Gasteiger partial charge in [0.05, 0.1) is 12.2 Å². The number of nitrogens with one attached hydrogen (secondary N) is 2. The number of halogens is 1. The zero-order valence-corrected chi connectivity index (χ0v) is 15.5. The van der Waals surface area contributed by atoms with Crippen molar-refractivity contribution in [1.29, 1.82) is 0 Å². The number of nitrogens with zero attached hydrogens (tertiary/aromatic N) is 2. The molecule has 0 saturated carbocycles. The summed E-state index contributed by atoms with van der Waals surface area (Å²) in [5.74, 6) is -0.502. The van der Waals surface area contributed by atoms with Crippen molar-refractivity contribution in [1.82, 2.24) is 14.9 Å². The molecule has 0 bridgehead atoms. The van der Waals surface area contributed by atoms with Crippen molar-refractivity contribution in [2.24, 2.45) is 0 Å². The molecule has 0 aliphatic rings. The normalized spacial score (nSPS) is 11.1. The van der Waals surface area contributed by atoms with Gasteiger partial charge in [0.25, 0.3) is 0 Å². The number of amides is 1. The van der Waals surface area contributed by atoms with Crippen LogP contribution in [0.25, 0.3) is 10.9 Å². The number of aryl methyl sites for hydroxylation is 1. The lowest BCUT2D eigenvalue weighted by atomic mass is 10.1. The van der Waals surface area contributed by atoms with E-state index < -0.39 is 0 Å². The summed E-state index contributed by atoms with van der Waals surface area (Å²) in [6.07, 6.45) is 1.59. The third kappa shape index (κ3) is 3.76. The van der Waals surface area contributed by atoms with Crippen LogP contribution >= 0.6 is 11.6 Å². The molecule has 2 N–H and O–H groups in total. The van der Waals surface area contributed by atoms with Crippen molar-refractivity contribution < 1.29 is 9.59 Å². The average Bonchev–Trinajstić information content (AvgIpc) is 2.90. The summed E-state index contributed by atoms with van der Waals surface area (Å²) in [6.45, 7) is 2.10. The Hall–Kier alpha value is -2.70. The Labute approximate surface area is 156 Å². The van der Waals surface area contributed by atoms with Crippen LogP contribution in [0.4, 0.5) is 5.69 Å². The maximum absolute atomic E-state index is 13.0. The molecule has 0 spiro atoms. The third-order valence-electron chi connectivity index (χ3n) is 3.86. The highest BCUT2D eigenvalue weighted by atomic mass is 35.5. The van der Waals surface area contributed by atoms with Crippen molar-refractivity contribution >= 4 is 39.9 Å². The van der Waals surface area contributed by atoms with E-state index in [-0.39, 0.29) is 23.9 Å². The summed E-state index contributed by atoms with van der Waals surface area (Å²) in [6, 6.07) is 8.76. The number of H-pyrrole nitrogens is 1. The van der Waals surface area contributed by atoms with Gasteiger partial charge in [-0.3, -0.25) is 14.6 Å². The van der Waals surface area contributed by atoms with Gasteiger partial charge in [0.15, 0.2) is 0 Å². The first-order chi connectivity index (χ1) is 12.3. The van der Waals surface area contributed by atoms with E-state index in [1.807, 2.05) is 13.0 Å². The molecule has 2 aromatic heterocycles. The number of carbonyl (C=O) groups is 2. The fourth-order valence-electron chi connectivity index (χ4n) is 2.72. The second-order valence-corrected chi connectivity index (χ2v) is 6.83. The Kier molecular flexibility index (Phi) is 5.06. The van der Waals surface area contributed by atoms with Crippen LogP contribution in [0.1, 0.15) is 21.7 Å². The Morgan fingerprint density at radius 3 is 2.69 bits per heavy atom. The largest absolute Gasteiger partial charge is 0.350 e. The Morgan fingerprint density at radius 2 is 2.00 bits per heavy atom. The molecule has 0 saturated heterocycles. The fraction of sp³-hybridized carbons (Fsp3) is 0.211. The zero-order valence-electron chi connectivity index (χ0n) is 14.8. The quantitative estimate of drug-likeness (QED) is 0.676. The van der Waals surface area contributed by atoms with Crippen LogP contribution in [0.5, 0.6) is 0 Å². The number of hydrogen-bond donors (Lipinski definition) is 2. The van der Waals surface area contributed by atoms with Gasteiger partial charge >= 0.3 is 0 Å². The third-order valence-corrected chi connectivity index (χ3v) is 4.10. The molecule has 0 aliphatic carbocycles. The molecule has 0 atom stereocenters. The maximum atomic E-state index is 13.0. The maximum Gasteiger partial charge on any atom is 0.238 e. The lowest BCUT2D eigenvalue weighted by Crippen LogP contribution is -2.27. The van der Waals surface area contributed by atoms with E-state index in [9.17, 15) is 9.59 Å². The Balaban J connectivity index is 2.09.